The van der Waals surface area contributed by atoms with E-state index in [-0.39, 0.29) is 30.1 Å². The van der Waals surface area contributed by atoms with E-state index in [1.165, 1.54) is 4.90 Å². The van der Waals surface area contributed by atoms with Crippen LogP contribution in [0.15, 0.2) is 24.3 Å². The van der Waals surface area contributed by atoms with Crippen LogP contribution in [0.25, 0.3) is 0 Å². The second-order valence-corrected chi connectivity index (χ2v) is 6.94. The van der Waals surface area contributed by atoms with Gasteiger partial charge in [0, 0.05) is 5.02 Å². The van der Waals surface area contributed by atoms with Crippen molar-refractivity contribution < 1.29 is 24.0 Å². The Morgan fingerprint density at radius 1 is 1.32 bits per heavy atom. The Labute approximate surface area is 151 Å². The number of amides is 2. The van der Waals surface area contributed by atoms with E-state index in [2.05, 4.69) is 0 Å². The molecule has 0 aromatic heterocycles. The molecule has 3 atom stereocenters. The molecular formula is C18H22ClN2O4+. The number of esters is 1. The van der Waals surface area contributed by atoms with Gasteiger partial charge in [0.1, 0.15) is 5.92 Å². The third-order valence-corrected chi connectivity index (χ3v) is 5.16. The van der Waals surface area contributed by atoms with Gasteiger partial charge >= 0.3 is 5.97 Å². The number of ether oxygens (including phenoxy) is 1. The molecule has 0 radical (unpaired) electrons. The number of hydrogen-bond acceptors (Lipinski definition) is 4. The molecule has 6 nitrogen and oxygen atoms in total. The van der Waals surface area contributed by atoms with Crippen LogP contribution in [-0.4, -0.2) is 43.5 Å². The first-order valence-electron chi connectivity index (χ1n) is 8.64. The first-order valence-corrected chi connectivity index (χ1v) is 9.02. The molecule has 134 valence electrons. The number of carbonyl (C=O) groups excluding carboxylic acids is 3. The third kappa shape index (κ3) is 3.70. The monoisotopic (exact) mass is 365 g/mol. The van der Waals surface area contributed by atoms with Gasteiger partial charge in [0.25, 0.3) is 5.91 Å². The van der Waals surface area contributed by atoms with Crippen LogP contribution in [0.1, 0.15) is 26.2 Å². The number of hydrogen-bond donors (Lipinski definition) is 1. The van der Waals surface area contributed by atoms with Gasteiger partial charge in [-0.1, -0.05) is 11.6 Å². The zero-order chi connectivity index (χ0) is 18.0. The van der Waals surface area contributed by atoms with Crippen molar-refractivity contribution in [3.8, 4) is 0 Å². The van der Waals surface area contributed by atoms with Crippen molar-refractivity contribution in [2.75, 3.05) is 24.6 Å². The molecule has 2 fully saturated rings. The normalized spacial score (nSPS) is 26.8. The molecule has 2 saturated heterocycles. The Balaban J connectivity index is 1.73. The number of imide groups is 1. The fourth-order valence-corrected chi connectivity index (χ4v) is 3.81. The van der Waals surface area contributed by atoms with E-state index in [0.29, 0.717) is 23.9 Å². The van der Waals surface area contributed by atoms with Gasteiger partial charge in [-0.3, -0.25) is 14.4 Å². The molecule has 2 amide bonds. The standard InChI is InChI=1S/C18H21ClN2O4/c1-2-25-18(24)12-4-3-9-20(11-12)15-10-16(22)21(17(15)23)14-7-5-13(19)6-8-14/h5-8,12,15H,2-4,9-11H2,1H3/p+1/t12-,15+/m0/s1. The fourth-order valence-electron chi connectivity index (χ4n) is 3.69. The van der Waals surface area contributed by atoms with Gasteiger partial charge < -0.3 is 9.64 Å². The van der Waals surface area contributed by atoms with E-state index in [1.807, 2.05) is 0 Å². The number of benzene rings is 1. The molecule has 0 bridgehead atoms. The van der Waals surface area contributed by atoms with E-state index < -0.39 is 6.04 Å². The lowest BCUT2D eigenvalue weighted by Gasteiger charge is -2.31. The number of nitrogens with one attached hydrogen (secondary N) is 1. The van der Waals surface area contributed by atoms with E-state index >= 15 is 0 Å². The number of rotatable bonds is 4. The molecule has 0 spiro atoms. The lowest BCUT2D eigenvalue weighted by atomic mass is 9.96. The van der Waals surface area contributed by atoms with Gasteiger partial charge in [-0.25, -0.2) is 4.90 Å². The van der Waals surface area contributed by atoms with Crippen LogP contribution in [0.5, 0.6) is 0 Å². The van der Waals surface area contributed by atoms with Gasteiger partial charge in [-0.15, -0.1) is 0 Å². The van der Waals surface area contributed by atoms with Crippen LogP contribution in [-0.2, 0) is 19.1 Å². The van der Waals surface area contributed by atoms with Crippen molar-refractivity contribution in [2.45, 2.75) is 32.2 Å². The van der Waals surface area contributed by atoms with Gasteiger partial charge in [0.2, 0.25) is 5.91 Å². The van der Waals surface area contributed by atoms with Crippen molar-refractivity contribution in [3.05, 3.63) is 29.3 Å². The average molecular weight is 366 g/mol. The highest BCUT2D eigenvalue weighted by Gasteiger charge is 2.47. The van der Waals surface area contributed by atoms with Gasteiger partial charge in [-0.05, 0) is 44.0 Å². The minimum absolute atomic E-state index is 0.173. The predicted molar refractivity (Wildman–Crippen MR) is 92.4 cm³/mol. The molecule has 0 saturated carbocycles. The number of halogens is 1. The lowest BCUT2D eigenvalue weighted by molar-refractivity contribution is -0.922. The van der Waals surface area contributed by atoms with E-state index in [1.54, 1.807) is 31.2 Å². The molecule has 7 heteroatoms. The SMILES string of the molecule is CCOC(=O)[C@H]1CCC[NH+]([C@@H]2CC(=O)N(c3ccc(Cl)cc3)C2=O)C1. The summed E-state index contributed by atoms with van der Waals surface area (Å²) in [7, 11) is 0. The molecular weight excluding hydrogens is 344 g/mol. The number of likely N-dealkylation sites (tertiary alicyclic amines) is 1. The van der Waals surface area contributed by atoms with Gasteiger partial charge in [0.15, 0.2) is 6.04 Å². The maximum Gasteiger partial charge on any atom is 0.314 e. The second kappa shape index (κ2) is 7.54. The first kappa shape index (κ1) is 17.9. The molecule has 1 unspecified atom stereocenters. The van der Waals surface area contributed by atoms with Crippen LogP contribution in [0, 0.1) is 5.92 Å². The second-order valence-electron chi connectivity index (χ2n) is 6.50. The summed E-state index contributed by atoms with van der Waals surface area (Å²) in [5.41, 5.74) is 0.542. The molecule has 2 heterocycles. The first-order chi connectivity index (χ1) is 12.0. The maximum absolute atomic E-state index is 12.8. The molecule has 3 rings (SSSR count). The van der Waals surface area contributed by atoms with Crippen LogP contribution in [0.4, 0.5) is 5.69 Å². The van der Waals surface area contributed by atoms with Crippen LogP contribution in [0.2, 0.25) is 5.02 Å². The zero-order valence-electron chi connectivity index (χ0n) is 14.2. The number of anilines is 1. The lowest BCUT2D eigenvalue weighted by Crippen LogP contribution is -3.18. The van der Waals surface area contributed by atoms with Gasteiger partial charge in [-0.2, -0.15) is 0 Å². The molecule has 25 heavy (non-hydrogen) atoms. The summed E-state index contributed by atoms with van der Waals surface area (Å²) >= 11 is 5.88. The Hall–Kier alpha value is -1.92. The van der Waals surface area contributed by atoms with Crippen LogP contribution >= 0.6 is 11.6 Å². The van der Waals surface area contributed by atoms with Crippen molar-refractivity contribution in [3.63, 3.8) is 0 Å². The highest BCUT2D eigenvalue weighted by Crippen LogP contribution is 2.24. The number of carbonyl (C=O) groups is 3. The predicted octanol–water partition coefficient (Wildman–Crippen LogP) is 0.830. The molecule has 0 aliphatic carbocycles. The summed E-state index contributed by atoms with van der Waals surface area (Å²) in [6.45, 7) is 3.47. The summed E-state index contributed by atoms with van der Waals surface area (Å²) in [6, 6.07) is 6.24. The van der Waals surface area contributed by atoms with Crippen molar-refractivity contribution in [2.24, 2.45) is 5.92 Å². The van der Waals surface area contributed by atoms with Crippen molar-refractivity contribution in [1.82, 2.24) is 0 Å². The Bertz CT molecular complexity index is 676. The highest BCUT2D eigenvalue weighted by atomic mass is 35.5. The average Bonchev–Trinajstić information content (AvgIpc) is 2.91. The quantitative estimate of drug-likeness (QED) is 0.634. The highest BCUT2D eigenvalue weighted by molar-refractivity contribution is 6.30. The largest absolute Gasteiger partial charge is 0.466 e. The summed E-state index contributed by atoms with van der Waals surface area (Å²) < 4.78 is 5.11. The van der Waals surface area contributed by atoms with Gasteiger partial charge in [0.05, 0.1) is 31.8 Å². The molecule has 1 N–H and O–H groups in total. The number of quaternary nitrogens is 1. The maximum atomic E-state index is 12.8. The summed E-state index contributed by atoms with van der Waals surface area (Å²) in [5.74, 6) is -0.808. The van der Waals surface area contributed by atoms with E-state index in [4.69, 9.17) is 16.3 Å². The molecule has 1 aromatic carbocycles. The number of nitrogens with zero attached hydrogens (tertiary/aromatic N) is 1. The third-order valence-electron chi connectivity index (χ3n) is 4.90. The summed E-state index contributed by atoms with van der Waals surface area (Å²) in [5, 5.41) is 0.554. The Morgan fingerprint density at radius 2 is 2.04 bits per heavy atom. The molecule has 2 aliphatic rings. The summed E-state index contributed by atoms with van der Waals surface area (Å²) in [6.07, 6.45) is 1.79. The smallest absolute Gasteiger partial charge is 0.314 e. The van der Waals surface area contributed by atoms with Crippen LogP contribution < -0.4 is 9.80 Å². The molecule has 2 aliphatic heterocycles. The fraction of sp³-hybridized carbons (Fsp3) is 0.500. The van der Waals surface area contributed by atoms with Crippen molar-refractivity contribution in [1.29, 1.82) is 0 Å². The van der Waals surface area contributed by atoms with E-state index in [0.717, 1.165) is 24.3 Å². The van der Waals surface area contributed by atoms with Crippen molar-refractivity contribution >= 4 is 35.1 Å². The zero-order valence-corrected chi connectivity index (χ0v) is 14.9. The Morgan fingerprint density at radius 3 is 2.72 bits per heavy atom. The minimum atomic E-state index is -0.430. The minimum Gasteiger partial charge on any atom is -0.466 e. The summed E-state index contributed by atoms with van der Waals surface area (Å²) in [4.78, 5) is 39.5. The molecule has 1 aromatic rings. The Kier molecular flexibility index (Phi) is 5.39. The topological polar surface area (TPSA) is 68.1 Å². The van der Waals surface area contributed by atoms with Crippen LogP contribution in [0.3, 0.4) is 0 Å². The van der Waals surface area contributed by atoms with E-state index in [9.17, 15) is 14.4 Å². The number of piperidine rings is 1.